The summed E-state index contributed by atoms with van der Waals surface area (Å²) in [4.78, 5) is 11.2. The first-order valence-electron chi connectivity index (χ1n) is 6.36. The van der Waals surface area contributed by atoms with E-state index in [0.29, 0.717) is 12.2 Å². The van der Waals surface area contributed by atoms with Gasteiger partial charge in [0.25, 0.3) is 0 Å². The first kappa shape index (κ1) is 16.9. The molecule has 0 N–H and O–H groups in total. The van der Waals surface area contributed by atoms with Crippen LogP contribution in [0.15, 0.2) is 12.2 Å². The first-order valence-corrected chi connectivity index (χ1v) is 10.2. The molecule has 0 aromatic carbocycles. The van der Waals surface area contributed by atoms with Crippen molar-refractivity contribution in [3.8, 4) is 0 Å². The van der Waals surface area contributed by atoms with Crippen LogP contribution < -0.4 is 0 Å². The normalized spacial score (nSPS) is 13.8. The van der Waals surface area contributed by atoms with E-state index in [9.17, 15) is 4.79 Å². The molecule has 0 amide bonds. The standard InChI is InChI=1S/C13H26ClO2P/c1-6-17(14,7-2,8-3)11-9-10-16-13(15)12(4)5/h4,6-11H2,1-3,5H3. The fourth-order valence-corrected chi connectivity index (χ4v) is 5.46. The van der Waals surface area contributed by atoms with Crippen LogP contribution in [-0.4, -0.2) is 37.2 Å². The van der Waals surface area contributed by atoms with Gasteiger partial charge in [0.1, 0.15) is 0 Å². The zero-order valence-corrected chi connectivity index (χ0v) is 13.2. The van der Waals surface area contributed by atoms with Gasteiger partial charge in [0.15, 0.2) is 0 Å². The van der Waals surface area contributed by atoms with E-state index in [1.165, 1.54) is 0 Å². The molecule has 0 aromatic rings. The summed E-state index contributed by atoms with van der Waals surface area (Å²) in [5.41, 5.74) is 0.454. The van der Waals surface area contributed by atoms with Crippen LogP contribution in [0.25, 0.3) is 0 Å². The molecule has 102 valence electrons. The molecule has 0 radical (unpaired) electrons. The van der Waals surface area contributed by atoms with Gasteiger partial charge in [0.2, 0.25) is 0 Å². The third kappa shape index (κ3) is 4.97. The van der Waals surface area contributed by atoms with Crippen molar-refractivity contribution in [2.24, 2.45) is 0 Å². The average Bonchev–Trinajstić information content (AvgIpc) is 2.34. The molecule has 0 atom stereocenters. The molecule has 0 aliphatic heterocycles. The molecule has 0 aliphatic carbocycles. The van der Waals surface area contributed by atoms with Crippen LogP contribution in [0.2, 0.25) is 0 Å². The van der Waals surface area contributed by atoms with Crippen molar-refractivity contribution in [2.75, 3.05) is 31.3 Å². The zero-order chi connectivity index (χ0) is 13.6. The summed E-state index contributed by atoms with van der Waals surface area (Å²) in [6.07, 6.45) is 5.05. The van der Waals surface area contributed by atoms with Gasteiger partial charge in [-0.3, -0.25) is 0 Å². The summed E-state index contributed by atoms with van der Waals surface area (Å²) in [6.45, 7) is 12.2. The van der Waals surface area contributed by atoms with Crippen molar-refractivity contribution in [1.82, 2.24) is 0 Å². The molecular formula is C13H26ClO2P. The Morgan fingerprint density at radius 3 is 2.06 bits per heavy atom. The van der Waals surface area contributed by atoms with Gasteiger partial charge in [-0.2, -0.15) is 0 Å². The van der Waals surface area contributed by atoms with Crippen LogP contribution in [0.4, 0.5) is 0 Å². The van der Waals surface area contributed by atoms with Gasteiger partial charge >= 0.3 is 110 Å². The Morgan fingerprint density at radius 1 is 1.24 bits per heavy atom. The van der Waals surface area contributed by atoms with E-state index < -0.39 is 5.96 Å². The maximum atomic E-state index is 11.2. The second kappa shape index (κ2) is 6.75. The van der Waals surface area contributed by atoms with E-state index in [0.717, 1.165) is 31.1 Å². The van der Waals surface area contributed by atoms with E-state index in [1.54, 1.807) is 6.92 Å². The van der Waals surface area contributed by atoms with Crippen LogP contribution in [0, 0.1) is 0 Å². The van der Waals surface area contributed by atoms with Crippen molar-refractivity contribution in [2.45, 2.75) is 34.1 Å². The van der Waals surface area contributed by atoms with Crippen molar-refractivity contribution in [3.05, 3.63) is 12.2 Å². The molecule has 4 heteroatoms. The molecule has 0 aromatic heterocycles. The van der Waals surface area contributed by atoms with Crippen molar-refractivity contribution >= 4 is 23.2 Å². The van der Waals surface area contributed by atoms with E-state index in [-0.39, 0.29) is 5.97 Å². The van der Waals surface area contributed by atoms with Gasteiger partial charge in [-0.1, -0.05) is 0 Å². The van der Waals surface area contributed by atoms with Crippen LogP contribution in [0.5, 0.6) is 0 Å². The Hall–Kier alpha value is -0.0700. The molecule has 0 heterocycles. The van der Waals surface area contributed by atoms with Crippen molar-refractivity contribution in [1.29, 1.82) is 0 Å². The number of hydrogen-bond donors (Lipinski definition) is 0. The van der Waals surface area contributed by atoms with Crippen LogP contribution in [0.1, 0.15) is 34.1 Å². The Morgan fingerprint density at radius 2 is 1.71 bits per heavy atom. The fourth-order valence-electron chi connectivity index (χ4n) is 1.89. The van der Waals surface area contributed by atoms with Gasteiger partial charge in [-0.05, 0) is 0 Å². The quantitative estimate of drug-likeness (QED) is 0.287. The van der Waals surface area contributed by atoms with Crippen molar-refractivity contribution in [3.63, 3.8) is 0 Å². The summed E-state index contributed by atoms with van der Waals surface area (Å²) in [5.74, 6) is -2.33. The Balaban J connectivity index is 4.18. The Bertz CT molecular complexity index is 274. The van der Waals surface area contributed by atoms with Gasteiger partial charge < -0.3 is 0 Å². The number of carbonyl (C=O) groups excluding carboxylic acids is 1. The fraction of sp³-hybridized carbons (Fsp3) is 0.769. The monoisotopic (exact) mass is 280 g/mol. The number of ether oxygens (including phenoxy) is 1. The van der Waals surface area contributed by atoms with E-state index in [2.05, 4.69) is 27.4 Å². The van der Waals surface area contributed by atoms with Gasteiger partial charge in [0, 0.05) is 0 Å². The van der Waals surface area contributed by atoms with Crippen LogP contribution in [-0.2, 0) is 9.53 Å². The zero-order valence-electron chi connectivity index (χ0n) is 11.6. The Labute approximate surface area is 110 Å². The number of esters is 1. The van der Waals surface area contributed by atoms with Gasteiger partial charge in [-0.15, -0.1) is 0 Å². The topological polar surface area (TPSA) is 26.3 Å². The number of carbonyl (C=O) groups is 1. The maximum absolute atomic E-state index is 11.2. The minimum atomic E-state index is -2.03. The minimum absolute atomic E-state index is 0.301. The molecule has 0 fully saturated rings. The molecule has 0 saturated heterocycles. The number of rotatable bonds is 8. The molecular weight excluding hydrogens is 255 g/mol. The Kier molecular flexibility index (Phi) is 6.73. The summed E-state index contributed by atoms with van der Waals surface area (Å²) in [5, 5.41) is 0. The first-order chi connectivity index (χ1) is 7.81. The molecule has 17 heavy (non-hydrogen) atoms. The number of halogens is 1. The van der Waals surface area contributed by atoms with Crippen molar-refractivity contribution < 1.29 is 9.53 Å². The van der Waals surface area contributed by atoms with Gasteiger partial charge in [-0.25, -0.2) is 0 Å². The third-order valence-corrected chi connectivity index (χ3v) is 12.6. The third-order valence-electron chi connectivity index (χ3n) is 3.81. The molecule has 0 rings (SSSR count). The molecule has 0 spiro atoms. The average molecular weight is 281 g/mol. The molecule has 0 saturated carbocycles. The molecule has 0 bridgehead atoms. The number of hydrogen-bond acceptors (Lipinski definition) is 2. The summed E-state index contributed by atoms with van der Waals surface area (Å²) in [6, 6.07) is 0. The second-order valence-corrected chi connectivity index (χ2v) is 13.6. The SMILES string of the molecule is C=C(C)C(=O)OCCCP(Cl)(CC)(CC)CC. The predicted octanol–water partition coefficient (Wildman–Crippen LogP) is 4.26. The molecule has 0 aliphatic rings. The second-order valence-electron chi connectivity index (χ2n) is 4.76. The summed E-state index contributed by atoms with van der Waals surface area (Å²) >= 11 is 6.90. The van der Waals surface area contributed by atoms with Crippen LogP contribution in [0.3, 0.4) is 0 Å². The molecule has 0 unspecified atom stereocenters. The van der Waals surface area contributed by atoms with E-state index in [4.69, 9.17) is 16.0 Å². The summed E-state index contributed by atoms with van der Waals surface area (Å²) in [7, 11) is 0. The van der Waals surface area contributed by atoms with Crippen LogP contribution >= 0.6 is 17.2 Å². The van der Waals surface area contributed by atoms with E-state index >= 15 is 0 Å². The van der Waals surface area contributed by atoms with Gasteiger partial charge in [0.05, 0.1) is 0 Å². The van der Waals surface area contributed by atoms with E-state index in [1.807, 2.05) is 0 Å². The molecule has 2 nitrogen and oxygen atoms in total. The summed E-state index contributed by atoms with van der Waals surface area (Å²) < 4.78 is 5.10. The predicted molar refractivity (Wildman–Crippen MR) is 79.7 cm³/mol.